The van der Waals surface area contributed by atoms with Crippen molar-refractivity contribution >= 4 is 17.2 Å². The second-order valence-electron chi connectivity index (χ2n) is 4.89. The number of aromatic nitrogens is 1. The van der Waals surface area contributed by atoms with Crippen LogP contribution in [0.2, 0.25) is 0 Å². The lowest BCUT2D eigenvalue weighted by Gasteiger charge is -2.20. The van der Waals surface area contributed by atoms with Crippen LogP contribution in [-0.4, -0.2) is 20.2 Å². The molecule has 0 aliphatic carbocycles. The van der Waals surface area contributed by atoms with E-state index in [1.165, 1.54) is 5.69 Å². The van der Waals surface area contributed by atoms with E-state index in [1.54, 1.807) is 11.8 Å². The molecule has 0 saturated heterocycles. The van der Waals surface area contributed by atoms with Gasteiger partial charge in [0.2, 0.25) is 0 Å². The third kappa shape index (κ3) is 3.61. The van der Waals surface area contributed by atoms with E-state index >= 15 is 0 Å². The van der Waals surface area contributed by atoms with Crippen molar-refractivity contribution in [3.05, 3.63) is 48.2 Å². The highest BCUT2D eigenvalue weighted by molar-refractivity contribution is 5.52. The number of benzene rings is 1. The summed E-state index contributed by atoms with van der Waals surface area (Å²) in [6.45, 7) is 8.25. The predicted molar refractivity (Wildman–Crippen MR) is 88.1 cm³/mol. The summed E-state index contributed by atoms with van der Waals surface area (Å²) >= 11 is 0. The van der Waals surface area contributed by atoms with Crippen molar-refractivity contribution in [2.45, 2.75) is 20.8 Å². The molecule has 116 valence electrons. The molecule has 2 aromatic rings. The van der Waals surface area contributed by atoms with Crippen molar-refractivity contribution in [2.75, 3.05) is 25.1 Å². The van der Waals surface area contributed by atoms with Gasteiger partial charge in [-0.2, -0.15) is 0 Å². The molecule has 0 saturated carbocycles. The predicted octanol–water partition coefficient (Wildman–Crippen LogP) is 3.60. The van der Waals surface area contributed by atoms with Crippen molar-refractivity contribution in [1.82, 2.24) is 0 Å². The minimum Gasteiger partial charge on any atom is -0.372 e. The smallest absolute Gasteiger partial charge is 0.372 e. The Kier molecular flexibility index (Phi) is 5.47. The zero-order valence-corrected chi connectivity index (χ0v) is 13.7. The highest BCUT2D eigenvalue weighted by Crippen LogP contribution is 2.21. The standard InChI is InChI=1S/C17H23N4O/c1-5-20(6-2)16-12-10-15(11-13-16)18-19-17-9-7-8-14(3)21(17)22-4/h7-13H,5-6H2,1-4H3/q+1. The van der Waals surface area contributed by atoms with Gasteiger partial charge in [-0.25, -0.2) is 0 Å². The molecule has 0 aliphatic rings. The SMILES string of the molecule is CCN(CC)c1ccc(N=Nc2cccc(C)[n+]2OC)cc1. The molecule has 1 aromatic carbocycles. The molecule has 1 aromatic heterocycles. The average molecular weight is 299 g/mol. The van der Waals surface area contributed by atoms with E-state index in [0.29, 0.717) is 5.82 Å². The second kappa shape index (κ2) is 7.54. The molecule has 0 radical (unpaired) electrons. The van der Waals surface area contributed by atoms with E-state index in [9.17, 15) is 0 Å². The number of aryl methyl sites for hydroxylation is 1. The van der Waals surface area contributed by atoms with Crippen LogP contribution in [0.1, 0.15) is 19.5 Å². The lowest BCUT2D eigenvalue weighted by molar-refractivity contribution is -0.879. The molecule has 0 amide bonds. The Morgan fingerprint density at radius 1 is 1.00 bits per heavy atom. The summed E-state index contributed by atoms with van der Waals surface area (Å²) in [4.78, 5) is 7.59. The average Bonchev–Trinajstić information content (AvgIpc) is 2.55. The van der Waals surface area contributed by atoms with Crippen LogP contribution < -0.4 is 14.5 Å². The molecule has 0 spiro atoms. The van der Waals surface area contributed by atoms with E-state index in [0.717, 1.165) is 24.5 Å². The van der Waals surface area contributed by atoms with E-state index < -0.39 is 0 Å². The molecule has 0 bridgehead atoms. The highest BCUT2D eigenvalue weighted by atomic mass is 16.6. The third-order valence-corrected chi connectivity index (χ3v) is 3.54. The van der Waals surface area contributed by atoms with E-state index in [-0.39, 0.29) is 0 Å². The van der Waals surface area contributed by atoms with E-state index in [2.05, 4.69) is 41.1 Å². The van der Waals surface area contributed by atoms with Crippen molar-refractivity contribution in [3.63, 3.8) is 0 Å². The Morgan fingerprint density at radius 3 is 2.27 bits per heavy atom. The van der Waals surface area contributed by atoms with Gasteiger partial charge in [0.1, 0.15) is 18.5 Å². The van der Waals surface area contributed by atoms with Crippen LogP contribution in [0, 0.1) is 6.92 Å². The largest absolute Gasteiger partial charge is 0.389 e. The van der Waals surface area contributed by atoms with Crippen LogP contribution >= 0.6 is 0 Å². The Labute approximate surface area is 131 Å². The van der Waals surface area contributed by atoms with Crippen molar-refractivity contribution in [1.29, 1.82) is 0 Å². The van der Waals surface area contributed by atoms with Crippen LogP contribution in [0.5, 0.6) is 0 Å². The molecule has 0 fully saturated rings. The van der Waals surface area contributed by atoms with Crippen molar-refractivity contribution in [3.8, 4) is 0 Å². The van der Waals surface area contributed by atoms with Gasteiger partial charge in [-0.15, -0.1) is 0 Å². The minimum atomic E-state index is 0.662. The first-order valence-corrected chi connectivity index (χ1v) is 7.52. The Balaban J connectivity index is 2.19. The topological polar surface area (TPSA) is 41.1 Å². The summed E-state index contributed by atoms with van der Waals surface area (Å²) in [7, 11) is 1.62. The van der Waals surface area contributed by atoms with Gasteiger partial charge in [-0.3, -0.25) is 0 Å². The summed E-state index contributed by atoms with van der Waals surface area (Å²) in [5.74, 6) is 0.662. The van der Waals surface area contributed by atoms with Gasteiger partial charge in [-0.05, 0) is 60.1 Å². The first kappa shape index (κ1) is 15.9. The summed E-state index contributed by atoms with van der Waals surface area (Å²) < 4.78 is 1.65. The third-order valence-electron chi connectivity index (χ3n) is 3.54. The Bertz CT molecular complexity index is 634. The molecule has 5 heteroatoms. The van der Waals surface area contributed by atoms with E-state index in [4.69, 9.17) is 4.84 Å². The molecule has 0 unspecified atom stereocenters. The van der Waals surface area contributed by atoms with Gasteiger partial charge in [0.25, 0.3) is 0 Å². The summed E-state index contributed by atoms with van der Waals surface area (Å²) in [5.41, 5.74) is 2.99. The van der Waals surface area contributed by atoms with Gasteiger partial charge in [0, 0.05) is 31.8 Å². The molecule has 2 rings (SSSR count). The Hall–Kier alpha value is -2.43. The number of azo groups is 1. The number of hydrogen-bond donors (Lipinski definition) is 0. The molecule has 0 aliphatic heterocycles. The van der Waals surface area contributed by atoms with Crippen LogP contribution in [0.25, 0.3) is 0 Å². The van der Waals surface area contributed by atoms with Gasteiger partial charge in [0.15, 0.2) is 0 Å². The fraction of sp³-hybridized carbons (Fsp3) is 0.353. The fourth-order valence-corrected chi connectivity index (χ4v) is 2.33. The first-order chi connectivity index (χ1) is 10.7. The fourth-order valence-electron chi connectivity index (χ4n) is 2.33. The monoisotopic (exact) mass is 299 g/mol. The second-order valence-corrected chi connectivity index (χ2v) is 4.89. The van der Waals surface area contributed by atoms with Gasteiger partial charge in [0.05, 0.1) is 5.11 Å². The Morgan fingerprint density at radius 2 is 1.68 bits per heavy atom. The van der Waals surface area contributed by atoms with Crippen LogP contribution in [0.4, 0.5) is 17.2 Å². The molecular formula is C17H23N4O+. The van der Waals surface area contributed by atoms with Crippen molar-refractivity contribution < 1.29 is 9.57 Å². The van der Waals surface area contributed by atoms with Gasteiger partial charge in [-0.1, -0.05) is 0 Å². The zero-order chi connectivity index (χ0) is 15.9. The summed E-state index contributed by atoms with van der Waals surface area (Å²) in [6, 6.07) is 13.9. The maximum atomic E-state index is 5.30. The van der Waals surface area contributed by atoms with Crippen LogP contribution in [-0.2, 0) is 0 Å². The molecule has 22 heavy (non-hydrogen) atoms. The van der Waals surface area contributed by atoms with Crippen molar-refractivity contribution in [2.24, 2.45) is 10.2 Å². The molecule has 0 atom stereocenters. The number of nitrogens with zero attached hydrogens (tertiary/aromatic N) is 4. The quantitative estimate of drug-likeness (QED) is 0.604. The maximum Gasteiger partial charge on any atom is 0.389 e. The molecule has 5 nitrogen and oxygen atoms in total. The number of anilines is 1. The van der Waals surface area contributed by atoms with Gasteiger partial charge < -0.3 is 9.74 Å². The first-order valence-electron chi connectivity index (χ1n) is 7.52. The summed E-state index contributed by atoms with van der Waals surface area (Å²) in [5, 5.41) is 8.56. The normalized spacial score (nSPS) is 10.9. The summed E-state index contributed by atoms with van der Waals surface area (Å²) in [6.07, 6.45) is 0. The van der Waals surface area contributed by atoms with Crippen LogP contribution in [0.15, 0.2) is 52.7 Å². The number of hydrogen-bond acceptors (Lipinski definition) is 4. The highest BCUT2D eigenvalue weighted by Gasteiger charge is 2.12. The minimum absolute atomic E-state index is 0.662. The number of rotatable bonds is 6. The van der Waals surface area contributed by atoms with E-state index in [1.807, 2.05) is 37.3 Å². The molecule has 1 heterocycles. The lowest BCUT2D eigenvalue weighted by Crippen LogP contribution is -2.43. The zero-order valence-electron chi connectivity index (χ0n) is 13.7. The van der Waals surface area contributed by atoms with Crippen LogP contribution in [0.3, 0.4) is 0 Å². The molecular weight excluding hydrogens is 276 g/mol. The lowest BCUT2D eigenvalue weighted by atomic mass is 10.2. The molecule has 0 N–H and O–H groups in total. The van der Waals surface area contributed by atoms with Gasteiger partial charge >= 0.3 is 5.82 Å². The maximum absolute atomic E-state index is 5.30. The number of pyridine rings is 1.